The Kier molecular flexibility index (Phi) is 3.79. The van der Waals surface area contributed by atoms with Crippen molar-refractivity contribution in [1.82, 2.24) is 9.88 Å². The lowest BCUT2D eigenvalue weighted by Crippen LogP contribution is -2.31. The Morgan fingerprint density at radius 2 is 2.33 bits per heavy atom. The van der Waals surface area contributed by atoms with Gasteiger partial charge in [0.1, 0.15) is 0 Å². The molecule has 1 aromatic heterocycles. The van der Waals surface area contributed by atoms with Gasteiger partial charge in [-0.2, -0.15) is 0 Å². The molecule has 0 aliphatic carbocycles. The van der Waals surface area contributed by atoms with Gasteiger partial charge in [0, 0.05) is 25.3 Å². The molecule has 1 aromatic carbocycles. The van der Waals surface area contributed by atoms with Gasteiger partial charge in [-0.3, -0.25) is 9.36 Å². The fourth-order valence-corrected chi connectivity index (χ4v) is 2.62. The van der Waals surface area contributed by atoms with E-state index < -0.39 is 5.76 Å². The maximum atomic E-state index is 12.2. The zero-order valence-electron chi connectivity index (χ0n) is 11.9. The quantitative estimate of drug-likeness (QED) is 0.926. The molecule has 112 valence electrons. The molecule has 1 saturated heterocycles. The third kappa shape index (κ3) is 2.71. The van der Waals surface area contributed by atoms with Gasteiger partial charge in [-0.15, -0.1) is 0 Å². The average molecular weight is 290 g/mol. The molecule has 0 unspecified atom stereocenters. The second kappa shape index (κ2) is 5.73. The number of carbonyl (C=O) groups excluding carboxylic acids is 1. The van der Waals surface area contributed by atoms with Crippen LogP contribution in [0, 0.1) is 0 Å². The van der Waals surface area contributed by atoms with Crippen molar-refractivity contribution in [3.8, 4) is 0 Å². The molecule has 2 heterocycles. The highest BCUT2D eigenvalue weighted by atomic mass is 16.5. The van der Waals surface area contributed by atoms with Crippen molar-refractivity contribution >= 4 is 17.0 Å². The van der Waals surface area contributed by atoms with Gasteiger partial charge in [-0.05, 0) is 38.0 Å². The Bertz CT molecular complexity index is 710. The summed E-state index contributed by atoms with van der Waals surface area (Å²) in [6, 6.07) is 5.01. The molecule has 1 atom stereocenters. The first-order valence-corrected chi connectivity index (χ1v) is 7.22. The van der Waals surface area contributed by atoms with Crippen molar-refractivity contribution < 1.29 is 13.9 Å². The number of hydrogen-bond acceptors (Lipinski definition) is 4. The van der Waals surface area contributed by atoms with E-state index in [9.17, 15) is 9.59 Å². The minimum absolute atomic E-state index is 0.112. The minimum atomic E-state index is -0.399. The maximum absolute atomic E-state index is 12.2. The highest BCUT2D eigenvalue weighted by Gasteiger charge is 2.17. The SMILES string of the molecule is CCn1c(=O)oc2ccc(C(=O)NC[C@@H]3CCCO3)cc21. The Hall–Kier alpha value is -2.08. The molecular weight excluding hydrogens is 272 g/mol. The second-order valence-corrected chi connectivity index (χ2v) is 5.14. The van der Waals surface area contributed by atoms with Gasteiger partial charge in [0.05, 0.1) is 11.6 Å². The van der Waals surface area contributed by atoms with Crippen LogP contribution in [0.25, 0.3) is 11.1 Å². The third-order valence-corrected chi connectivity index (χ3v) is 3.76. The average Bonchev–Trinajstić information content (AvgIpc) is 3.10. The number of nitrogens with one attached hydrogen (secondary N) is 1. The Balaban J connectivity index is 1.79. The first-order chi connectivity index (χ1) is 10.2. The van der Waals surface area contributed by atoms with E-state index in [-0.39, 0.29) is 12.0 Å². The third-order valence-electron chi connectivity index (χ3n) is 3.76. The van der Waals surface area contributed by atoms with Crippen molar-refractivity contribution in [3.63, 3.8) is 0 Å². The van der Waals surface area contributed by atoms with E-state index in [4.69, 9.17) is 9.15 Å². The van der Waals surface area contributed by atoms with Gasteiger partial charge in [0.2, 0.25) is 0 Å². The summed E-state index contributed by atoms with van der Waals surface area (Å²) in [7, 11) is 0. The number of rotatable bonds is 4. The molecule has 0 radical (unpaired) electrons. The summed E-state index contributed by atoms with van der Waals surface area (Å²) in [4.78, 5) is 23.8. The van der Waals surface area contributed by atoms with Gasteiger partial charge in [0.15, 0.2) is 5.58 Å². The lowest BCUT2D eigenvalue weighted by molar-refractivity contribution is 0.0858. The fraction of sp³-hybridized carbons (Fsp3) is 0.467. The van der Waals surface area contributed by atoms with Crippen LogP contribution in [0.5, 0.6) is 0 Å². The summed E-state index contributed by atoms with van der Waals surface area (Å²) in [5.74, 6) is -0.562. The summed E-state index contributed by atoms with van der Waals surface area (Å²) >= 11 is 0. The molecule has 1 aliphatic heterocycles. The largest absolute Gasteiger partial charge is 0.419 e. The maximum Gasteiger partial charge on any atom is 0.419 e. The van der Waals surface area contributed by atoms with E-state index in [1.54, 1.807) is 18.2 Å². The minimum Gasteiger partial charge on any atom is -0.408 e. The summed E-state index contributed by atoms with van der Waals surface area (Å²) < 4.78 is 12.1. The number of ether oxygens (including phenoxy) is 1. The number of benzene rings is 1. The zero-order valence-corrected chi connectivity index (χ0v) is 11.9. The van der Waals surface area contributed by atoms with Crippen LogP contribution < -0.4 is 11.1 Å². The Labute approximate surface area is 121 Å². The van der Waals surface area contributed by atoms with Crippen LogP contribution in [0.15, 0.2) is 27.4 Å². The highest BCUT2D eigenvalue weighted by molar-refractivity contribution is 5.97. The van der Waals surface area contributed by atoms with E-state index in [1.807, 2.05) is 6.92 Å². The summed E-state index contributed by atoms with van der Waals surface area (Å²) in [5, 5.41) is 2.87. The molecule has 1 amide bonds. The van der Waals surface area contributed by atoms with E-state index >= 15 is 0 Å². The molecule has 1 fully saturated rings. The van der Waals surface area contributed by atoms with Gasteiger partial charge in [-0.1, -0.05) is 0 Å². The summed E-state index contributed by atoms with van der Waals surface area (Å²) in [5.41, 5.74) is 1.66. The normalized spacial score (nSPS) is 18.2. The van der Waals surface area contributed by atoms with E-state index in [0.29, 0.717) is 29.8 Å². The van der Waals surface area contributed by atoms with Crippen LogP contribution in [-0.4, -0.2) is 29.7 Å². The van der Waals surface area contributed by atoms with Crippen molar-refractivity contribution in [2.45, 2.75) is 32.4 Å². The molecule has 21 heavy (non-hydrogen) atoms. The molecule has 6 nitrogen and oxygen atoms in total. The van der Waals surface area contributed by atoms with E-state index in [1.165, 1.54) is 4.57 Å². The molecule has 6 heteroatoms. The number of fused-ring (bicyclic) bond motifs is 1. The van der Waals surface area contributed by atoms with Crippen LogP contribution >= 0.6 is 0 Å². The van der Waals surface area contributed by atoms with Gasteiger partial charge in [0.25, 0.3) is 5.91 Å². The van der Waals surface area contributed by atoms with E-state index in [2.05, 4.69) is 5.32 Å². The number of nitrogens with zero attached hydrogens (tertiary/aromatic N) is 1. The van der Waals surface area contributed by atoms with Crippen molar-refractivity contribution in [2.24, 2.45) is 0 Å². The van der Waals surface area contributed by atoms with Crippen LogP contribution in [0.1, 0.15) is 30.1 Å². The summed E-state index contributed by atoms with van der Waals surface area (Å²) in [6.07, 6.45) is 2.14. The first-order valence-electron chi connectivity index (χ1n) is 7.22. The van der Waals surface area contributed by atoms with Crippen molar-refractivity contribution in [2.75, 3.05) is 13.2 Å². The molecular formula is C15H18N2O4. The lowest BCUT2D eigenvalue weighted by atomic mass is 10.2. The molecule has 3 rings (SSSR count). The van der Waals surface area contributed by atoms with Crippen LogP contribution in [0.4, 0.5) is 0 Å². The van der Waals surface area contributed by atoms with E-state index in [0.717, 1.165) is 19.4 Å². The molecule has 1 N–H and O–H groups in total. The number of aromatic nitrogens is 1. The van der Waals surface area contributed by atoms with Crippen molar-refractivity contribution in [1.29, 1.82) is 0 Å². The van der Waals surface area contributed by atoms with Crippen LogP contribution in [0.3, 0.4) is 0 Å². The van der Waals surface area contributed by atoms with Gasteiger partial charge < -0.3 is 14.5 Å². The fourth-order valence-electron chi connectivity index (χ4n) is 2.62. The predicted octanol–water partition coefficient (Wildman–Crippen LogP) is 1.52. The van der Waals surface area contributed by atoms with Crippen molar-refractivity contribution in [3.05, 3.63) is 34.3 Å². The monoisotopic (exact) mass is 290 g/mol. The topological polar surface area (TPSA) is 73.5 Å². The highest BCUT2D eigenvalue weighted by Crippen LogP contribution is 2.16. The Morgan fingerprint density at radius 3 is 3.05 bits per heavy atom. The van der Waals surface area contributed by atoms with Gasteiger partial charge in [-0.25, -0.2) is 4.79 Å². The number of oxazole rings is 1. The molecule has 2 aromatic rings. The van der Waals surface area contributed by atoms with Crippen LogP contribution in [-0.2, 0) is 11.3 Å². The molecule has 0 spiro atoms. The molecule has 1 aliphatic rings. The Morgan fingerprint density at radius 1 is 1.48 bits per heavy atom. The lowest BCUT2D eigenvalue weighted by Gasteiger charge is -2.10. The van der Waals surface area contributed by atoms with Crippen LogP contribution in [0.2, 0.25) is 0 Å². The predicted molar refractivity (Wildman–Crippen MR) is 77.5 cm³/mol. The number of carbonyl (C=O) groups is 1. The standard InChI is InChI=1S/C15H18N2O4/c1-2-17-12-8-10(5-6-13(12)21-15(17)19)14(18)16-9-11-4-3-7-20-11/h5-6,8,11H,2-4,7,9H2,1H3,(H,16,18)/t11-/m0/s1. The molecule has 0 saturated carbocycles. The first kappa shape index (κ1) is 13.9. The number of aryl methyl sites for hydroxylation is 1. The van der Waals surface area contributed by atoms with Gasteiger partial charge >= 0.3 is 5.76 Å². The number of amides is 1. The second-order valence-electron chi connectivity index (χ2n) is 5.14. The summed E-state index contributed by atoms with van der Waals surface area (Å²) in [6.45, 7) is 3.65. The molecule has 0 bridgehead atoms. The number of hydrogen-bond donors (Lipinski definition) is 1. The smallest absolute Gasteiger partial charge is 0.408 e. The zero-order chi connectivity index (χ0) is 14.8.